The van der Waals surface area contributed by atoms with Crippen LogP contribution in [0.15, 0.2) is 45.6 Å². The van der Waals surface area contributed by atoms with E-state index in [1.54, 1.807) is 6.07 Å². The Bertz CT molecular complexity index is 1200. The summed E-state index contributed by atoms with van der Waals surface area (Å²) in [4.78, 5) is 14.9. The second-order valence-corrected chi connectivity index (χ2v) is 11.2. The molecule has 1 aromatic heterocycles. The SMILES string of the molecule is Cc1cc(C(C)N[S@+]([O-])C(C)(C)C)c2oc(N3Cc4ccc(F)cc4C3)cc(=O)c2c1. The van der Waals surface area contributed by atoms with Gasteiger partial charge in [0.15, 0.2) is 5.43 Å². The van der Waals surface area contributed by atoms with Crippen molar-refractivity contribution in [3.05, 3.63) is 74.7 Å². The van der Waals surface area contributed by atoms with Crippen molar-refractivity contribution in [1.29, 1.82) is 0 Å². The highest BCUT2D eigenvalue weighted by atomic mass is 32.2. The molecule has 5 nitrogen and oxygen atoms in total. The second kappa shape index (κ2) is 7.97. The van der Waals surface area contributed by atoms with Crippen molar-refractivity contribution in [3.8, 4) is 0 Å². The lowest BCUT2D eigenvalue weighted by molar-refractivity contribution is 0.527. The maximum absolute atomic E-state index is 13.6. The molecule has 0 saturated heterocycles. The van der Waals surface area contributed by atoms with Crippen molar-refractivity contribution in [3.63, 3.8) is 0 Å². The second-order valence-electron chi connectivity index (χ2n) is 9.17. The van der Waals surface area contributed by atoms with Crippen molar-refractivity contribution in [2.24, 2.45) is 0 Å². The average Bonchev–Trinajstić information content (AvgIpc) is 3.10. The van der Waals surface area contributed by atoms with Crippen LogP contribution in [0.4, 0.5) is 10.3 Å². The highest BCUT2D eigenvalue weighted by molar-refractivity contribution is 7.90. The summed E-state index contributed by atoms with van der Waals surface area (Å²) in [7, 11) is 0. The zero-order chi connectivity index (χ0) is 22.5. The van der Waals surface area contributed by atoms with Crippen molar-refractivity contribution in [2.75, 3.05) is 4.90 Å². The number of aryl methyl sites for hydroxylation is 1. The normalized spacial score (nSPS) is 15.9. The Hall–Kier alpha value is -2.35. The number of nitrogens with one attached hydrogen (secondary N) is 1. The van der Waals surface area contributed by atoms with Gasteiger partial charge in [-0.3, -0.25) is 4.79 Å². The fourth-order valence-corrected chi connectivity index (χ4v) is 4.62. The minimum atomic E-state index is -1.28. The van der Waals surface area contributed by atoms with Crippen molar-refractivity contribution in [2.45, 2.75) is 58.5 Å². The summed E-state index contributed by atoms with van der Waals surface area (Å²) >= 11 is -1.28. The molecule has 7 heteroatoms. The van der Waals surface area contributed by atoms with E-state index in [1.807, 2.05) is 51.7 Å². The number of hydrogen-bond donors (Lipinski definition) is 1. The molecule has 1 aliphatic rings. The van der Waals surface area contributed by atoms with E-state index < -0.39 is 16.1 Å². The van der Waals surface area contributed by atoms with Crippen LogP contribution in [0, 0.1) is 12.7 Å². The number of benzene rings is 2. The number of rotatable bonds is 4. The lowest BCUT2D eigenvalue weighted by Crippen LogP contribution is -2.40. The van der Waals surface area contributed by atoms with Gasteiger partial charge in [0.05, 0.1) is 11.4 Å². The van der Waals surface area contributed by atoms with Crippen molar-refractivity contribution < 1.29 is 13.4 Å². The molecule has 1 N–H and O–H groups in total. The van der Waals surface area contributed by atoms with Gasteiger partial charge in [-0.2, -0.15) is 0 Å². The molecule has 3 aromatic rings. The van der Waals surface area contributed by atoms with E-state index in [4.69, 9.17) is 4.42 Å². The average molecular weight is 443 g/mol. The molecular weight excluding hydrogens is 415 g/mol. The number of nitrogens with zero attached hydrogens (tertiary/aromatic N) is 1. The molecule has 1 unspecified atom stereocenters. The van der Waals surface area contributed by atoms with Crippen molar-refractivity contribution >= 4 is 28.2 Å². The third-order valence-corrected chi connectivity index (χ3v) is 7.18. The van der Waals surface area contributed by atoms with Gasteiger partial charge in [-0.05, 0) is 69.5 Å². The Morgan fingerprint density at radius 2 is 1.87 bits per heavy atom. The van der Waals surface area contributed by atoms with E-state index in [2.05, 4.69) is 4.72 Å². The van der Waals surface area contributed by atoms with E-state index in [-0.39, 0.29) is 17.3 Å². The first-order valence-electron chi connectivity index (χ1n) is 10.3. The number of anilines is 1. The maximum Gasteiger partial charge on any atom is 0.200 e. The minimum absolute atomic E-state index is 0.132. The van der Waals surface area contributed by atoms with E-state index in [9.17, 15) is 13.7 Å². The number of fused-ring (bicyclic) bond motifs is 2. The third kappa shape index (κ3) is 4.35. The van der Waals surface area contributed by atoms with Gasteiger partial charge in [0, 0.05) is 36.1 Å². The maximum atomic E-state index is 13.6. The van der Waals surface area contributed by atoms with E-state index in [1.165, 1.54) is 18.2 Å². The Morgan fingerprint density at radius 3 is 2.58 bits per heavy atom. The van der Waals surface area contributed by atoms with Gasteiger partial charge in [-0.1, -0.05) is 12.1 Å². The van der Waals surface area contributed by atoms with Crippen LogP contribution in [0.2, 0.25) is 0 Å². The predicted octanol–water partition coefficient (Wildman–Crippen LogP) is 4.87. The molecule has 2 atom stereocenters. The first-order chi connectivity index (χ1) is 14.5. The van der Waals surface area contributed by atoms with Crippen LogP contribution >= 0.6 is 0 Å². The smallest absolute Gasteiger partial charge is 0.200 e. The quantitative estimate of drug-likeness (QED) is 0.584. The molecule has 0 bridgehead atoms. The molecule has 0 saturated carbocycles. The summed E-state index contributed by atoms with van der Waals surface area (Å²) in [5.74, 6) is 0.174. The first kappa shape index (κ1) is 21.9. The van der Waals surface area contributed by atoms with Crippen LogP contribution in [-0.4, -0.2) is 9.30 Å². The monoisotopic (exact) mass is 442 g/mol. The molecule has 0 radical (unpaired) electrons. The summed E-state index contributed by atoms with van der Waals surface area (Å²) in [5.41, 5.74) is 3.98. The minimum Gasteiger partial charge on any atom is -0.598 e. The van der Waals surface area contributed by atoms with E-state index in [0.29, 0.717) is 29.9 Å². The lowest BCUT2D eigenvalue weighted by Gasteiger charge is -2.27. The zero-order valence-corrected chi connectivity index (χ0v) is 19.2. The molecule has 0 fully saturated rings. The summed E-state index contributed by atoms with van der Waals surface area (Å²) in [6.07, 6.45) is 0. The van der Waals surface area contributed by atoms with Gasteiger partial charge in [0.1, 0.15) is 16.1 Å². The number of hydrogen-bond acceptors (Lipinski definition) is 5. The highest BCUT2D eigenvalue weighted by Gasteiger charge is 2.30. The van der Waals surface area contributed by atoms with Crippen LogP contribution in [0.5, 0.6) is 0 Å². The van der Waals surface area contributed by atoms with Crippen LogP contribution in [0.3, 0.4) is 0 Å². The lowest BCUT2D eigenvalue weighted by atomic mass is 10.0. The fraction of sp³-hybridized carbons (Fsp3) is 0.375. The van der Waals surface area contributed by atoms with Crippen LogP contribution < -0.4 is 15.1 Å². The van der Waals surface area contributed by atoms with Crippen LogP contribution in [0.25, 0.3) is 11.0 Å². The van der Waals surface area contributed by atoms with E-state index >= 15 is 0 Å². The van der Waals surface area contributed by atoms with Gasteiger partial charge in [-0.25, -0.2) is 4.39 Å². The first-order valence-corrected chi connectivity index (χ1v) is 11.5. The summed E-state index contributed by atoms with van der Waals surface area (Å²) in [6, 6.07) is 9.73. The molecule has 31 heavy (non-hydrogen) atoms. The third-order valence-electron chi connectivity index (χ3n) is 5.50. The molecule has 2 heterocycles. The molecule has 1 aliphatic heterocycles. The van der Waals surface area contributed by atoms with Crippen LogP contribution in [0.1, 0.15) is 56.0 Å². The zero-order valence-electron chi connectivity index (χ0n) is 18.4. The number of halogens is 1. The topological polar surface area (TPSA) is 68.5 Å². The fourth-order valence-electron chi connectivity index (χ4n) is 3.82. The molecular formula is C24H27FN2O3S. The molecule has 0 amide bonds. The molecule has 4 rings (SSSR count). The Morgan fingerprint density at radius 1 is 1.16 bits per heavy atom. The summed E-state index contributed by atoms with van der Waals surface area (Å²) in [5, 5.41) is 0.497. The molecule has 164 valence electrons. The van der Waals surface area contributed by atoms with Crippen LogP contribution in [-0.2, 0) is 24.5 Å². The highest BCUT2D eigenvalue weighted by Crippen LogP contribution is 2.33. The molecule has 2 aromatic carbocycles. The predicted molar refractivity (Wildman–Crippen MR) is 123 cm³/mol. The Labute approximate surface area is 184 Å². The standard InChI is InChI=1S/C24H27FN2O3S/c1-14-8-19(15(2)26-31(29)24(3,4)5)23-20(9-14)21(28)11-22(30-23)27-12-16-6-7-18(25)10-17(16)13-27/h6-11,15,26H,12-13H2,1-5H3/t15?,31-/m1/s1. The Kier molecular flexibility index (Phi) is 5.62. The van der Waals surface area contributed by atoms with Gasteiger partial charge in [-0.15, -0.1) is 4.72 Å². The van der Waals surface area contributed by atoms with Gasteiger partial charge in [0.2, 0.25) is 5.88 Å². The van der Waals surface area contributed by atoms with Gasteiger partial charge in [0.25, 0.3) is 0 Å². The van der Waals surface area contributed by atoms with Crippen molar-refractivity contribution in [1.82, 2.24) is 4.72 Å². The molecule has 0 aliphatic carbocycles. The Balaban J connectivity index is 1.75. The van der Waals surface area contributed by atoms with Gasteiger partial charge < -0.3 is 13.9 Å². The summed E-state index contributed by atoms with van der Waals surface area (Å²) < 4.78 is 35.2. The van der Waals surface area contributed by atoms with Gasteiger partial charge >= 0.3 is 0 Å². The largest absolute Gasteiger partial charge is 0.598 e. The molecule has 0 spiro atoms. The summed E-state index contributed by atoms with van der Waals surface area (Å²) in [6.45, 7) is 10.6. The van der Waals surface area contributed by atoms with E-state index in [0.717, 1.165) is 22.3 Å².